The second kappa shape index (κ2) is 8.84. The summed E-state index contributed by atoms with van der Waals surface area (Å²) in [6, 6.07) is 5.43. The highest BCUT2D eigenvalue weighted by molar-refractivity contribution is 5.80. The van der Waals surface area contributed by atoms with Gasteiger partial charge in [-0.2, -0.15) is 13.2 Å². The fraction of sp³-hybridized carbons (Fsp3) is 0.600. The maximum atomic E-state index is 13.0. The van der Waals surface area contributed by atoms with Crippen molar-refractivity contribution >= 4 is 11.9 Å². The topological polar surface area (TPSA) is 70.7 Å². The third kappa shape index (κ3) is 5.87. The van der Waals surface area contributed by atoms with Crippen LogP contribution in [0.15, 0.2) is 29.3 Å². The van der Waals surface area contributed by atoms with Crippen molar-refractivity contribution in [2.24, 2.45) is 16.6 Å². The molecule has 1 aromatic carbocycles. The van der Waals surface area contributed by atoms with Gasteiger partial charge in [-0.05, 0) is 30.4 Å². The number of rotatable bonds is 5. The van der Waals surface area contributed by atoms with Gasteiger partial charge in [0.15, 0.2) is 5.96 Å². The first-order valence-corrected chi connectivity index (χ1v) is 9.44. The molecule has 0 aliphatic carbocycles. The van der Waals surface area contributed by atoms with Crippen LogP contribution in [0.4, 0.5) is 13.2 Å². The number of likely N-dealkylation sites (tertiary alicyclic amines) is 1. The molecule has 0 bridgehead atoms. The molecule has 0 saturated carbocycles. The van der Waals surface area contributed by atoms with Crippen LogP contribution in [0, 0.1) is 5.92 Å². The molecule has 1 heterocycles. The highest BCUT2D eigenvalue weighted by Gasteiger charge is 2.32. The predicted molar refractivity (Wildman–Crippen MR) is 104 cm³/mol. The van der Waals surface area contributed by atoms with E-state index in [9.17, 15) is 18.0 Å². The Balaban J connectivity index is 2.05. The number of carbonyl (C=O) groups is 1. The van der Waals surface area contributed by atoms with Crippen molar-refractivity contribution in [2.45, 2.75) is 44.7 Å². The number of hydrogen-bond donors (Lipinski definition) is 2. The fourth-order valence-corrected chi connectivity index (χ4v) is 3.56. The number of benzene rings is 1. The summed E-state index contributed by atoms with van der Waals surface area (Å²) in [5.41, 5.74) is 4.75. The van der Waals surface area contributed by atoms with Crippen LogP contribution in [0.2, 0.25) is 0 Å². The Morgan fingerprint density at radius 3 is 2.61 bits per heavy atom. The molecule has 28 heavy (non-hydrogen) atoms. The molecule has 1 amide bonds. The maximum Gasteiger partial charge on any atom is 0.416 e. The van der Waals surface area contributed by atoms with Crippen LogP contribution < -0.4 is 11.1 Å². The second-order valence-electron chi connectivity index (χ2n) is 7.99. The Bertz CT molecular complexity index is 716. The zero-order chi connectivity index (χ0) is 20.9. The number of nitrogens with one attached hydrogen (secondary N) is 1. The molecular formula is C20H29F3N4O. The van der Waals surface area contributed by atoms with Crippen molar-refractivity contribution in [3.63, 3.8) is 0 Å². The Morgan fingerprint density at radius 2 is 2.00 bits per heavy atom. The number of alkyl halides is 3. The zero-order valence-electron chi connectivity index (χ0n) is 16.6. The number of piperidine rings is 1. The Kier molecular flexibility index (Phi) is 6.96. The fourth-order valence-electron chi connectivity index (χ4n) is 3.56. The molecule has 3 N–H and O–H groups in total. The van der Waals surface area contributed by atoms with Crippen molar-refractivity contribution < 1.29 is 18.0 Å². The van der Waals surface area contributed by atoms with Gasteiger partial charge in [0.25, 0.3) is 0 Å². The minimum atomic E-state index is -4.36. The van der Waals surface area contributed by atoms with E-state index in [1.807, 2.05) is 13.8 Å². The average molecular weight is 398 g/mol. The van der Waals surface area contributed by atoms with Crippen LogP contribution in [0.5, 0.6) is 0 Å². The van der Waals surface area contributed by atoms with Crippen molar-refractivity contribution in [3.05, 3.63) is 35.4 Å². The first kappa shape index (κ1) is 22.0. The highest BCUT2D eigenvalue weighted by atomic mass is 19.4. The van der Waals surface area contributed by atoms with Crippen LogP contribution in [0.3, 0.4) is 0 Å². The summed E-state index contributed by atoms with van der Waals surface area (Å²) >= 11 is 0. The maximum absolute atomic E-state index is 13.0. The lowest BCUT2D eigenvalue weighted by molar-refractivity contribution is -0.137. The number of carbonyl (C=O) groups excluding carboxylic acids is 1. The summed E-state index contributed by atoms with van der Waals surface area (Å²) in [4.78, 5) is 17.6. The smallest absolute Gasteiger partial charge is 0.370 e. The van der Waals surface area contributed by atoms with Crippen molar-refractivity contribution in [2.75, 3.05) is 26.7 Å². The quantitative estimate of drug-likeness (QED) is 0.591. The van der Waals surface area contributed by atoms with Gasteiger partial charge in [0.2, 0.25) is 5.91 Å². The van der Waals surface area contributed by atoms with E-state index in [0.717, 1.165) is 25.5 Å². The summed E-state index contributed by atoms with van der Waals surface area (Å²) in [5, 5.41) is 3.29. The molecule has 1 fully saturated rings. The van der Waals surface area contributed by atoms with E-state index in [4.69, 9.17) is 5.73 Å². The van der Waals surface area contributed by atoms with E-state index in [1.165, 1.54) is 12.1 Å². The number of nitrogens with zero attached hydrogens (tertiary/aromatic N) is 2. The van der Waals surface area contributed by atoms with Crippen molar-refractivity contribution in [1.29, 1.82) is 0 Å². The molecule has 1 aliphatic heterocycles. The molecule has 8 heteroatoms. The van der Waals surface area contributed by atoms with Crippen LogP contribution in [0.25, 0.3) is 0 Å². The second-order valence-corrected chi connectivity index (χ2v) is 7.99. The number of nitrogens with two attached hydrogens (primary N) is 1. The largest absolute Gasteiger partial charge is 0.416 e. The van der Waals surface area contributed by atoms with Crippen molar-refractivity contribution in [1.82, 2.24) is 10.2 Å². The van der Waals surface area contributed by atoms with Crippen LogP contribution in [-0.4, -0.2) is 43.4 Å². The van der Waals surface area contributed by atoms with Gasteiger partial charge < -0.3 is 16.0 Å². The molecule has 5 nitrogen and oxygen atoms in total. The van der Waals surface area contributed by atoms with Gasteiger partial charge in [-0.1, -0.05) is 32.0 Å². The van der Waals surface area contributed by atoms with Gasteiger partial charge in [-0.25, -0.2) is 0 Å². The summed E-state index contributed by atoms with van der Waals surface area (Å²) in [5.74, 6) is 0.580. The summed E-state index contributed by atoms with van der Waals surface area (Å²) in [7, 11) is 1.68. The van der Waals surface area contributed by atoms with Crippen LogP contribution in [0.1, 0.15) is 44.2 Å². The van der Waals surface area contributed by atoms with Gasteiger partial charge in [-0.15, -0.1) is 0 Å². The predicted octanol–water partition coefficient (Wildman–Crippen LogP) is 3.15. The zero-order valence-corrected chi connectivity index (χ0v) is 16.6. The summed E-state index contributed by atoms with van der Waals surface area (Å²) in [6.45, 7) is 5.73. The molecule has 0 spiro atoms. The van der Waals surface area contributed by atoms with E-state index >= 15 is 0 Å². The van der Waals surface area contributed by atoms with E-state index < -0.39 is 17.2 Å². The molecule has 1 aromatic rings. The third-order valence-corrected chi connectivity index (χ3v) is 5.18. The van der Waals surface area contributed by atoms with Gasteiger partial charge in [0.1, 0.15) is 0 Å². The molecule has 2 rings (SSSR count). The van der Waals surface area contributed by atoms with Gasteiger partial charge in [0, 0.05) is 38.5 Å². The summed E-state index contributed by atoms with van der Waals surface area (Å²) in [6.07, 6.45) is -2.12. The lowest BCUT2D eigenvalue weighted by atomic mass is 9.83. The van der Waals surface area contributed by atoms with Gasteiger partial charge in [-0.3, -0.25) is 9.79 Å². The van der Waals surface area contributed by atoms with Gasteiger partial charge in [0.05, 0.1) is 5.56 Å². The molecular weight excluding hydrogens is 369 g/mol. The number of guanidine groups is 1. The first-order chi connectivity index (χ1) is 13.0. The molecule has 156 valence electrons. The normalized spacial score (nSPS) is 18.9. The Labute approximate surface area is 164 Å². The third-order valence-electron chi connectivity index (χ3n) is 5.18. The molecule has 1 aliphatic rings. The number of hydrogen-bond acceptors (Lipinski definition) is 2. The van der Waals surface area contributed by atoms with Crippen LogP contribution in [-0.2, 0) is 16.4 Å². The van der Waals surface area contributed by atoms with Crippen molar-refractivity contribution in [3.8, 4) is 0 Å². The van der Waals surface area contributed by atoms with E-state index in [-0.39, 0.29) is 11.8 Å². The monoisotopic (exact) mass is 398 g/mol. The lowest BCUT2D eigenvalue weighted by Crippen LogP contribution is -2.49. The number of primary amides is 1. The minimum Gasteiger partial charge on any atom is -0.370 e. The van der Waals surface area contributed by atoms with Crippen LogP contribution >= 0.6 is 0 Å². The highest BCUT2D eigenvalue weighted by Crippen LogP contribution is 2.32. The lowest BCUT2D eigenvalue weighted by Gasteiger charge is -2.36. The standard InChI is InChI=1S/C20H29F3N4O/c1-19(2,15-7-4-8-16(11-15)20(21,22)23)13-26-18(25-3)27-9-5-6-14(12-27)10-17(24)28/h4,7-8,11,14H,5-6,9-10,12-13H2,1-3H3,(H2,24,28)(H,25,26). The van der Waals surface area contributed by atoms with E-state index in [0.29, 0.717) is 31.0 Å². The van der Waals surface area contributed by atoms with E-state index in [1.54, 1.807) is 13.1 Å². The van der Waals surface area contributed by atoms with E-state index in [2.05, 4.69) is 15.2 Å². The Morgan fingerprint density at radius 1 is 1.32 bits per heavy atom. The minimum absolute atomic E-state index is 0.196. The van der Waals surface area contributed by atoms with Gasteiger partial charge >= 0.3 is 6.18 Å². The SMILES string of the molecule is CN=C(NCC(C)(C)c1cccc(C(F)(F)F)c1)N1CCCC(CC(N)=O)C1. The molecule has 1 atom stereocenters. The number of aliphatic imine (C=N–C) groups is 1. The average Bonchev–Trinajstić information content (AvgIpc) is 2.61. The summed E-state index contributed by atoms with van der Waals surface area (Å²) < 4.78 is 39.1. The number of amides is 1. The number of halogens is 3. The molecule has 1 saturated heterocycles. The first-order valence-electron chi connectivity index (χ1n) is 9.44. The molecule has 0 radical (unpaired) electrons. The Hall–Kier alpha value is -2.25. The molecule has 1 unspecified atom stereocenters. The molecule has 0 aromatic heterocycles.